The SMILES string of the molecule is O=C(O)c1cc(Cl)ccc1Nc1c(C2CCOCC2)cnc2ccc(Br)cc12. The van der Waals surface area contributed by atoms with Crippen molar-refractivity contribution in [2.24, 2.45) is 0 Å². The molecule has 2 aromatic carbocycles. The minimum Gasteiger partial charge on any atom is -0.478 e. The second-order valence-corrected chi connectivity index (χ2v) is 8.11. The first-order valence-corrected chi connectivity index (χ1v) is 10.2. The fourth-order valence-electron chi connectivity index (χ4n) is 3.57. The van der Waals surface area contributed by atoms with E-state index in [9.17, 15) is 9.90 Å². The van der Waals surface area contributed by atoms with Crippen LogP contribution in [-0.2, 0) is 4.74 Å². The van der Waals surface area contributed by atoms with Gasteiger partial charge in [0.25, 0.3) is 0 Å². The molecule has 28 heavy (non-hydrogen) atoms. The van der Waals surface area contributed by atoms with Crippen LogP contribution in [0.2, 0.25) is 5.02 Å². The third-order valence-electron chi connectivity index (χ3n) is 4.99. The summed E-state index contributed by atoms with van der Waals surface area (Å²) in [4.78, 5) is 16.4. The number of anilines is 2. The average Bonchev–Trinajstić information content (AvgIpc) is 2.70. The van der Waals surface area contributed by atoms with Crippen LogP contribution in [0.15, 0.2) is 47.1 Å². The molecule has 1 saturated heterocycles. The van der Waals surface area contributed by atoms with Crippen LogP contribution in [0.1, 0.15) is 34.7 Å². The van der Waals surface area contributed by atoms with Crippen molar-refractivity contribution in [3.63, 3.8) is 0 Å². The third kappa shape index (κ3) is 3.85. The zero-order valence-electron chi connectivity index (χ0n) is 14.9. The molecule has 5 nitrogen and oxygen atoms in total. The average molecular weight is 462 g/mol. The van der Waals surface area contributed by atoms with E-state index in [-0.39, 0.29) is 5.56 Å². The highest BCUT2D eigenvalue weighted by Gasteiger charge is 2.22. The summed E-state index contributed by atoms with van der Waals surface area (Å²) >= 11 is 9.54. The van der Waals surface area contributed by atoms with Crippen LogP contribution in [0, 0.1) is 0 Å². The number of nitrogens with zero attached hydrogens (tertiary/aromatic N) is 1. The van der Waals surface area contributed by atoms with Gasteiger partial charge in [-0.15, -0.1) is 0 Å². The van der Waals surface area contributed by atoms with Gasteiger partial charge in [-0.2, -0.15) is 0 Å². The number of carbonyl (C=O) groups is 1. The number of halogens is 2. The van der Waals surface area contributed by atoms with Crippen molar-refractivity contribution < 1.29 is 14.6 Å². The Morgan fingerprint density at radius 2 is 2.00 bits per heavy atom. The number of carboxylic acids is 1. The number of aromatic carboxylic acids is 1. The Morgan fingerprint density at radius 1 is 1.21 bits per heavy atom. The minimum absolute atomic E-state index is 0.130. The smallest absolute Gasteiger partial charge is 0.337 e. The fourth-order valence-corrected chi connectivity index (χ4v) is 4.11. The number of hydrogen-bond donors (Lipinski definition) is 2. The van der Waals surface area contributed by atoms with Gasteiger partial charge < -0.3 is 15.2 Å². The van der Waals surface area contributed by atoms with E-state index in [1.165, 1.54) is 6.07 Å². The molecule has 1 aliphatic rings. The van der Waals surface area contributed by atoms with E-state index in [2.05, 4.69) is 26.2 Å². The standard InChI is InChI=1S/C21H18BrClN2O3/c22-13-1-3-18-15(9-13)20(17(11-24-18)12-5-7-28-8-6-12)25-19-4-2-14(23)10-16(19)21(26)27/h1-4,9-12H,5-8H2,(H,24,25)(H,26,27). The molecule has 7 heteroatoms. The molecule has 0 amide bonds. The van der Waals surface area contributed by atoms with E-state index in [0.717, 1.165) is 39.5 Å². The Labute approximate surface area is 175 Å². The van der Waals surface area contributed by atoms with Crippen LogP contribution >= 0.6 is 27.5 Å². The highest BCUT2D eigenvalue weighted by Crippen LogP contribution is 2.39. The van der Waals surface area contributed by atoms with Crippen molar-refractivity contribution >= 4 is 55.8 Å². The molecule has 3 aromatic rings. The summed E-state index contributed by atoms with van der Waals surface area (Å²) in [6.45, 7) is 1.42. The normalized spacial score (nSPS) is 14.9. The van der Waals surface area contributed by atoms with Crippen LogP contribution < -0.4 is 5.32 Å². The van der Waals surface area contributed by atoms with Crippen LogP contribution in [0.5, 0.6) is 0 Å². The summed E-state index contributed by atoms with van der Waals surface area (Å²) < 4.78 is 6.44. The molecule has 1 aliphatic heterocycles. The van der Waals surface area contributed by atoms with Gasteiger partial charge >= 0.3 is 5.97 Å². The molecule has 0 aliphatic carbocycles. The highest BCUT2D eigenvalue weighted by atomic mass is 79.9. The highest BCUT2D eigenvalue weighted by molar-refractivity contribution is 9.10. The number of ether oxygens (including phenoxy) is 1. The number of rotatable bonds is 4. The van der Waals surface area contributed by atoms with E-state index >= 15 is 0 Å². The van der Waals surface area contributed by atoms with Gasteiger partial charge in [0, 0.05) is 34.3 Å². The second kappa shape index (κ2) is 8.07. The van der Waals surface area contributed by atoms with Crippen molar-refractivity contribution in [3.05, 3.63) is 63.2 Å². The first kappa shape index (κ1) is 19.2. The number of hydrogen-bond acceptors (Lipinski definition) is 4. The van der Waals surface area contributed by atoms with E-state index in [1.807, 2.05) is 24.4 Å². The molecular weight excluding hydrogens is 444 g/mol. The van der Waals surface area contributed by atoms with Gasteiger partial charge in [-0.3, -0.25) is 4.98 Å². The maximum absolute atomic E-state index is 11.7. The molecule has 1 aromatic heterocycles. The first-order valence-electron chi connectivity index (χ1n) is 8.98. The van der Waals surface area contributed by atoms with Gasteiger partial charge in [0.15, 0.2) is 0 Å². The molecule has 0 unspecified atom stereocenters. The third-order valence-corrected chi connectivity index (χ3v) is 5.72. The molecule has 0 atom stereocenters. The van der Waals surface area contributed by atoms with E-state index in [1.54, 1.807) is 12.1 Å². The number of aromatic nitrogens is 1. The Hall–Kier alpha value is -2.15. The zero-order chi connectivity index (χ0) is 19.7. The van der Waals surface area contributed by atoms with Crippen LogP contribution in [0.25, 0.3) is 10.9 Å². The lowest BCUT2D eigenvalue weighted by Crippen LogP contribution is -2.16. The monoisotopic (exact) mass is 460 g/mol. The molecule has 1 fully saturated rings. The lowest BCUT2D eigenvalue weighted by atomic mass is 9.90. The molecule has 0 spiro atoms. The fraction of sp³-hybridized carbons (Fsp3) is 0.238. The number of benzene rings is 2. The van der Waals surface area contributed by atoms with Gasteiger partial charge in [0.05, 0.1) is 22.5 Å². The quantitative estimate of drug-likeness (QED) is 0.499. The maximum atomic E-state index is 11.7. The molecular formula is C21H18BrClN2O3. The van der Waals surface area contributed by atoms with E-state index in [4.69, 9.17) is 16.3 Å². The lowest BCUT2D eigenvalue weighted by Gasteiger charge is -2.26. The van der Waals surface area contributed by atoms with Crippen molar-refractivity contribution in [1.29, 1.82) is 0 Å². The number of carboxylic acid groups (broad SMARTS) is 1. The van der Waals surface area contributed by atoms with Gasteiger partial charge in [-0.25, -0.2) is 4.79 Å². The summed E-state index contributed by atoms with van der Waals surface area (Å²) in [6.07, 6.45) is 3.70. The van der Waals surface area contributed by atoms with E-state index < -0.39 is 5.97 Å². The van der Waals surface area contributed by atoms with Gasteiger partial charge in [0.2, 0.25) is 0 Å². The van der Waals surface area contributed by atoms with Crippen molar-refractivity contribution in [2.45, 2.75) is 18.8 Å². The first-order chi connectivity index (χ1) is 13.5. The molecule has 2 heterocycles. The van der Waals surface area contributed by atoms with Crippen LogP contribution in [-0.4, -0.2) is 29.3 Å². The number of fused-ring (bicyclic) bond motifs is 1. The van der Waals surface area contributed by atoms with Gasteiger partial charge in [0.1, 0.15) is 0 Å². The largest absolute Gasteiger partial charge is 0.478 e. The second-order valence-electron chi connectivity index (χ2n) is 6.76. The summed E-state index contributed by atoms with van der Waals surface area (Å²) in [5, 5.41) is 14.3. The van der Waals surface area contributed by atoms with Crippen molar-refractivity contribution in [2.75, 3.05) is 18.5 Å². The zero-order valence-corrected chi connectivity index (χ0v) is 17.3. The predicted octanol–water partition coefficient (Wildman–Crippen LogP) is 5.99. The Morgan fingerprint density at radius 3 is 2.75 bits per heavy atom. The summed E-state index contributed by atoms with van der Waals surface area (Å²) in [6, 6.07) is 10.7. The topological polar surface area (TPSA) is 71.5 Å². The number of nitrogens with one attached hydrogen (secondary N) is 1. The molecule has 0 radical (unpaired) electrons. The number of pyridine rings is 1. The maximum Gasteiger partial charge on any atom is 0.337 e. The molecule has 0 bridgehead atoms. The molecule has 2 N–H and O–H groups in total. The van der Waals surface area contributed by atoms with Crippen LogP contribution in [0.3, 0.4) is 0 Å². The molecule has 0 saturated carbocycles. The minimum atomic E-state index is -1.03. The van der Waals surface area contributed by atoms with Crippen molar-refractivity contribution in [1.82, 2.24) is 4.98 Å². The summed E-state index contributed by atoms with van der Waals surface area (Å²) in [7, 11) is 0. The summed E-state index contributed by atoms with van der Waals surface area (Å²) in [5.41, 5.74) is 3.42. The Kier molecular flexibility index (Phi) is 5.53. The summed E-state index contributed by atoms with van der Waals surface area (Å²) in [5.74, 6) is -0.732. The molecule has 144 valence electrons. The Bertz CT molecular complexity index is 1050. The molecule has 4 rings (SSSR count). The Balaban J connectivity index is 1.88. The van der Waals surface area contributed by atoms with E-state index in [0.29, 0.717) is 29.8 Å². The predicted molar refractivity (Wildman–Crippen MR) is 114 cm³/mol. The van der Waals surface area contributed by atoms with Crippen LogP contribution in [0.4, 0.5) is 11.4 Å². The lowest BCUT2D eigenvalue weighted by molar-refractivity contribution is 0.0698. The van der Waals surface area contributed by atoms with Gasteiger partial charge in [-0.05, 0) is 60.7 Å². The van der Waals surface area contributed by atoms with Crippen molar-refractivity contribution in [3.8, 4) is 0 Å². The van der Waals surface area contributed by atoms with Gasteiger partial charge in [-0.1, -0.05) is 27.5 Å².